The van der Waals surface area contributed by atoms with Crippen LogP contribution in [0.15, 0.2) is 53.5 Å². The van der Waals surface area contributed by atoms with Crippen LogP contribution in [0, 0.1) is 0 Å². The van der Waals surface area contributed by atoms with Crippen molar-refractivity contribution >= 4 is 35.8 Å². The molecule has 0 spiro atoms. The first-order valence-corrected chi connectivity index (χ1v) is 9.74. The molecule has 0 atom stereocenters. The molecule has 3 N–H and O–H groups in total. The van der Waals surface area contributed by atoms with Crippen LogP contribution in [-0.4, -0.2) is 38.6 Å². The molecule has 0 aromatic heterocycles. The molecule has 2 aromatic rings. The summed E-state index contributed by atoms with van der Waals surface area (Å²) < 4.78 is 5.54. The summed E-state index contributed by atoms with van der Waals surface area (Å²) in [7, 11) is 1.73. The van der Waals surface area contributed by atoms with Gasteiger partial charge in [0.1, 0.15) is 5.75 Å². The van der Waals surface area contributed by atoms with Gasteiger partial charge in [-0.2, -0.15) is 0 Å². The molecule has 1 aliphatic rings. The lowest BCUT2D eigenvalue weighted by Crippen LogP contribution is -2.40. The van der Waals surface area contributed by atoms with Crippen molar-refractivity contribution in [1.29, 1.82) is 0 Å². The summed E-state index contributed by atoms with van der Waals surface area (Å²) in [6.45, 7) is 2.65. The number of hydrogen-bond acceptors (Lipinski definition) is 3. The van der Waals surface area contributed by atoms with Crippen LogP contribution in [0.1, 0.15) is 23.1 Å². The van der Waals surface area contributed by atoms with Gasteiger partial charge in [0, 0.05) is 39.5 Å². The maximum absolute atomic E-state index is 12.0. The van der Waals surface area contributed by atoms with Crippen molar-refractivity contribution in [1.82, 2.24) is 16.0 Å². The van der Waals surface area contributed by atoms with Gasteiger partial charge >= 0.3 is 0 Å². The minimum atomic E-state index is 0. The Morgan fingerprint density at radius 3 is 2.62 bits per heavy atom. The van der Waals surface area contributed by atoms with Gasteiger partial charge in [0.05, 0.1) is 6.61 Å². The number of nitrogens with one attached hydrogen (secondary N) is 3. The van der Waals surface area contributed by atoms with Gasteiger partial charge in [0.15, 0.2) is 5.96 Å². The predicted molar refractivity (Wildman–Crippen MR) is 127 cm³/mol. The molecule has 1 aliphatic heterocycles. The SMILES string of the molecule is CN=C(NCCC(=O)NCc1ccccc1)NCCc1ccc2c(c1)CCO2.I. The fraction of sp³-hybridized carbons (Fsp3) is 0.364. The van der Waals surface area contributed by atoms with E-state index >= 15 is 0 Å². The molecular formula is C22H29IN4O2. The third kappa shape index (κ3) is 7.56. The standard InChI is InChI=1S/C22H28N4O2.HI/c1-23-22(24-12-9-17-7-8-20-19(15-17)11-14-28-20)25-13-10-21(27)26-16-18-5-3-2-4-6-18;/h2-8,15H,9-14,16H2,1H3,(H,26,27)(H2,23,24,25);1H. The van der Waals surface area contributed by atoms with Crippen molar-refractivity contribution in [3.63, 3.8) is 0 Å². The van der Waals surface area contributed by atoms with Crippen molar-refractivity contribution < 1.29 is 9.53 Å². The Balaban J connectivity index is 0.00000300. The zero-order valence-electron chi connectivity index (χ0n) is 16.7. The minimum Gasteiger partial charge on any atom is -0.493 e. The quantitative estimate of drug-likeness (QED) is 0.291. The highest BCUT2D eigenvalue weighted by Crippen LogP contribution is 2.25. The zero-order valence-corrected chi connectivity index (χ0v) is 19.1. The summed E-state index contributed by atoms with van der Waals surface area (Å²) >= 11 is 0. The number of halogens is 1. The fourth-order valence-corrected chi connectivity index (χ4v) is 3.12. The van der Waals surface area contributed by atoms with E-state index < -0.39 is 0 Å². The molecule has 0 radical (unpaired) electrons. The first-order chi connectivity index (χ1) is 13.7. The van der Waals surface area contributed by atoms with Crippen LogP contribution in [0.5, 0.6) is 5.75 Å². The van der Waals surface area contributed by atoms with E-state index in [1.54, 1.807) is 7.05 Å². The first-order valence-electron chi connectivity index (χ1n) is 9.74. The molecule has 0 aliphatic carbocycles. The lowest BCUT2D eigenvalue weighted by atomic mass is 10.1. The van der Waals surface area contributed by atoms with Gasteiger partial charge in [-0.15, -0.1) is 24.0 Å². The van der Waals surface area contributed by atoms with Crippen LogP contribution in [0.2, 0.25) is 0 Å². The Morgan fingerprint density at radius 1 is 1.03 bits per heavy atom. The largest absolute Gasteiger partial charge is 0.493 e. The van der Waals surface area contributed by atoms with Crippen LogP contribution in [0.4, 0.5) is 0 Å². The molecular weight excluding hydrogens is 479 g/mol. The van der Waals surface area contributed by atoms with Crippen molar-refractivity contribution in [2.45, 2.75) is 25.8 Å². The number of rotatable bonds is 8. The second-order valence-corrected chi connectivity index (χ2v) is 6.73. The summed E-state index contributed by atoms with van der Waals surface area (Å²) in [5.74, 6) is 1.74. The minimum absolute atomic E-state index is 0. The van der Waals surface area contributed by atoms with E-state index in [0.717, 1.165) is 37.3 Å². The number of nitrogens with zero attached hydrogens (tertiary/aromatic N) is 1. The van der Waals surface area contributed by atoms with Gasteiger partial charge in [-0.05, 0) is 29.2 Å². The Kier molecular flexibility index (Phi) is 9.76. The number of ether oxygens (including phenoxy) is 1. The maximum Gasteiger partial charge on any atom is 0.222 e. The molecule has 0 unspecified atom stereocenters. The monoisotopic (exact) mass is 508 g/mol. The van der Waals surface area contributed by atoms with E-state index in [9.17, 15) is 4.79 Å². The maximum atomic E-state index is 12.0. The third-order valence-corrected chi connectivity index (χ3v) is 4.66. The Bertz CT molecular complexity index is 812. The Morgan fingerprint density at radius 2 is 1.83 bits per heavy atom. The molecule has 1 amide bonds. The normalized spacial score (nSPS) is 12.4. The molecule has 6 nitrogen and oxygen atoms in total. The van der Waals surface area contributed by atoms with E-state index in [0.29, 0.717) is 25.5 Å². The second kappa shape index (κ2) is 12.3. The van der Waals surface area contributed by atoms with Gasteiger partial charge in [-0.3, -0.25) is 9.79 Å². The summed E-state index contributed by atoms with van der Waals surface area (Å²) in [4.78, 5) is 16.2. The number of aliphatic imine (C=N–C) groups is 1. The van der Waals surface area contributed by atoms with Crippen molar-refractivity contribution in [3.05, 3.63) is 65.2 Å². The molecule has 1 heterocycles. The van der Waals surface area contributed by atoms with Gasteiger partial charge in [0.2, 0.25) is 5.91 Å². The van der Waals surface area contributed by atoms with Crippen LogP contribution in [0.3, 0.4) is 0 Å². The lowest BCUT2D eigenvalue weighted by molar-refractivity contribution is -0.121. The molecule has 3 rings (SSSR count). The summed E-state index contributed by atoms with van der Waals surface area (Å²) in [5.41, 5.74) is 3.67. The smallest absolute Gasteiger partial charge is 0.222 e. The van der Waals surface area contributed by atoms with E-state index in [2.05, 4.69) is 39.1 Å². The second-order valence-electron chi connectivity index (χ2n) is 6.73. The van der Waals surface area contributed by atoms with E-state index in [4.69, 9.17) is 4.74 Å². The first kappa shape index (κ1) is 23.0. The van der Waals surface area contributed by atoms with Crippen molar-refractivity contribution in [3.8, 4) is 5.75 Å². The molecule has 2 aromatic carbocycles. The Hall–Kier alpha value is -2.29. The van der Waals surface area contributed by atoms with E-state index in [-0.39, 0.29) is 29.9 Å². The van der Waals surface area contributed by atoms with Gasteiger partial charge in [-0.25, -0.2) is 0 Å². The highest BCUT2D eigenvalue weighted by molar-refractivity contribution is 14.0. The number of benzene rings is 2. The predicted octanol–water partition coefficient (Wildman–Crippen LogP) is 2.65. The molecule has 156 valence electrons. The van der Waals surface area contributed by atoms with Crippen LogP contribution < -0.4 is 20.7 Å². The average molecular weight is 508 g/mol. The van der Waals surface area contributed by atoms with Gasteiger partial charge in [-0.1, -0.05) is 42.5 Å². The number of fused-ring (bicyclic) bond motifs is 1. The fourth-order valence-electron chi connectivity index (χ4n) is 3.12. The number of carbonyl (C=O) groups excluding carboxylic acids is 1. The zero-order chi connectivity index (χ0) is 19.6. The third-order valence-electron chi connectivity index (χ3n) is 4.66. The summed E-state index contributed by atoms with van der Waals surface area (Å²) in [5, 5.41) is 9.40. The number of hydrogen-bond donors (Lipinski definition) is 3. The van der Waals surface area contributed by atoms with Crippen LogP contribution in [0.25, 0.3) is 0 Å². The van der Waals surface area contributed by atoms with Crippen LogP contribution in [-0.2, 0) is 24.2 Å². The molecule has 0 bridgehead atoms. The Labute approximate surface area is 189 Å². The van der Waals surface area contributed by atoms with E-state index in [1.807, 2.05) is 30.3 Å². The molecule has 0 saturated carbocycles. The van der Waals surface area contributed by atoms with Crippen molar-refractivity contribution in [2.24, 2.45) is 4.99 Å². The van der Waals surface area contributed by atoms with Crippen molar-refractivity contribution in [2.75, 3.05) is 26.7 Å². The highest BCUT2D eigenvalue weighted by atomic mass is 127. The van der Waals surface area contributed by atoms with E-state index in [1.165, 1.54) is 11.1 Å². The molecule has 0 fully saturated rings. The molecule has 29 heavy (non-hydrogen) atoms. The molecule has 7 heteroatoms. The number of amides is 1. The number of guanidine groups is 1. The van der Waals surface area contributed by atoms with Gasteiger partial charge in [0.25, 0.3) is 0 Å². The average Bonchev–Trinajstić information content (AvgIpc) is 3.20. The summed E-state index contributed by atoms with van der Waals surface area (Å²) in [6.07, 6.45) is 2.30. The summed E-state index contributed by atoms with van der Waals surface area (Å²) in [6, 6.07) is 16.3. The van der Waals surface area contributed by atoms with Gasteiger partial charge < -0.3 is 20.7 Å². The topological polar surface area (TPSA) is 74.8 Å². The van der Waals surface area contributed by atoms with Crippen LogP contribution >= 0.6 is 24.0 Å². The lowest BCUT2D eigenvalue weighted by Gasteiger charge is -2.12. The molecule has 0 saturated heterocycles. The highest BCUT2D eigenvalue weighted by Gasteiger charge is 2.11. The number of carbonyl (C=O) groups is 1.